The Balaban J connectivity index is 0.00000312. The van der Waals surface area contributed by atoms with Gasteiger partial charge in [0.25, 0.3) is 0 Å². The molecule has 0 amide bonds. The molecule has 0 aliphatic heterocycles. The summed E-state index contributed by atoms with van der Waals surface area (Å²) in [6.45, 7) is 6.35. The van der Waals surface area contributed by atoms with Crippen LogP contribution in [0.25, 0.3) is 0 Å². The van der Waals surface area contributed by atoms with Crippen molar-refractivity contribution in [3.63, 3.8) is 0 Å². The van der Waals surface area contributed by atoms with Crippen LogP contribution < -0.4 is 15.4 Å². The van der Waals surface area contributed by atoms with E-state index < -0.39 is 0 Å². The van der Waals surface area contributed by atoms with Gasteiger partial charge in [-0.15, -0.1) is 24.0 Å². The van der Waals surface area contributed by atoms with Crippen LogP contribution in [-0.4, -0.2) is 45.9 Å². The van der Waals surface area contributed by atoms with E-state index >= 15 is 0 Å². The molecule has 1 aromatic rings. The Morgan fingerprint density at radius 2 is 1.96 bits per heavy atom. The molecule has 2 N–H and O–H groups in total. The predicted octanol–water partition coefficient (Wildman–Crippen LogP) is 3.23. The van der Waals surface area contributed by atoms with Gasteiger partial charge in [0.05, 0.1) is 7.11 Å². The highest BCUT2D eigenvalue weighted by Gasteiger charge is 2.20. The summed E-state index contributed by atoms with van der Waals surface area (Å²) < 4.78 is 10.8. The lowest BCUT2D eigenvalue weighted by molar-refractivity contribution is 0.123. The molecular weight excluding hydrogens is 429 g/mol. The molecule has 6 heteroatoms. The highest BCUT2D eigenvalue weighted by atomic mass is 127. The molecule has 2 rings (SSSR count). The zero-order chi connectivity index (χ0) is 17.0. The van der Waals surface area contributed by atoms with Gasteiger partial charge >= 0.3 is 0 Å². The van der Waals surface area contributed by atoms with Gasteiger partial charge in [-0.2, -0.15) is 0 Å². The van der Waals surface area contributed by atoms with Gasteiger partial charge in [0.15, 0.2) is 5.96 Å². The van der Waals surface area contributed by atoms with E-state index in [4.69, 9.17) is 9.47 Å². The third kappa shape index (κ3) is 9.89. The van der Waals surface area contributed by atoms with Crippen LogP contribution >= 0.6 is 24.0 Å². The quantitative estimate of drug-likeness (QED) is 0.230. The number of hydrogen-bond donors (Lipinski definition) is 2. The average Bonchev–Trinajstić information content (AvgIpc) is 3.43. The minimum absolute atomic E-state index is 0. The van der Waals surface area contributed by atoms with E-state index in [0.717, 1.165) is 63.3 Å². The largest absolute Gasteiger partial charge is 0.497 e. The van der Waals surface area contributed by atoms with Crippen LogP contribution in [0.2, 0.25) is 0 Å². The van der Waals surface area contributed by atoms with E-state index in [2.05, 4.69) is 34.7 Å². The number of ether oxygens (including phenoxy) is 2. The van der Waals surface area contributed by atoms with E-state index in [-0.39, 0.29) is 24.0 Å². The van der Waals surface area contributed by atoms with Crippen molar-refractivity contribution in [1.29, 1.82) is 0 Å². The highest BCUT2D eigenvalue weighted by molar-refractivity contribution is 14.0. The van der Waals surface area contributed by atoms with Crippen LogP contribution in [0.15, 0.2) is 29.3 Å². The van der Waals surface area contributed by atoms with E-state index in [1.807, 2.05) is 12.1 Å². The fourth-order valence-corrected chi connectivity index (χ4v) is 2.35. The summed E-state index contributed by atoms with van der Waals surface area (Å²) in [5.41, 5.74) is 1.28. The van der Waals surface area contributed by atoms with Crippen molar-refractivity contribution in [3.8, 4) is 5.75 Å². The first-order chi connectivity index (χ1) is 11.8. The normalized spacial score (nSPS) is 13.9. The van der Waals surface area contributed by atoms with Crippen LogP contribution in [0.4, 0.5) is 0 Å². The summed E-state index contributed by atoms with van der Waals surface area (Å²) in [4.78, 5) is 4.60. The second-order valence-electron chi connectivity index (χ2n) is 6.16. The summed E-state index contributed by atoms with van der Waals surface area (Å²) in [5, 5.41) is 6.67. The van der Waals surface area contributed by atoms with Gasteiger partial charge in [0.1, 0.15) is 5.75 Å². The molecule has 1 aromatic carbocycles. The fraction of sp³-hybridized carbons (Fsp3) is 0.632. The summed E-state index contributed by atoms with van der Waals surface area (Å²) in [7, 11) is 1.69. The maximum atomic E-state index is 5.64. The zero-order valence-electron chi connectivity index (χ0n) is 15.4. The molecule has 5 nitrogen and oxygen atoms in total. The molecule has 0 atom stereocenters. The van der Waals surface area contributed by atoms with E-state index in [9.17, 15) is 0 Å². The van der Waals surface area contributed by atoms with Crippen molar-refractivity contribution in [3.05, 3.63) is 29.8 Å². The lowest BCUT2D eigenvalue weighted by Crippen LogP contribution is -2.38. The van der Waals surface area contributed by atoms with Gasteiger partial charge in [-0.25, -0.2) is 0 Å². The number of aliphatic imine (C=N–C) groups is 1. The molecule has 1 fully saturated rings. The molecule has 1 aliphatic rings. The van der Waals surface area contributed by atoms with Gasteiger partial charge in [-0.05, 0) is 56.2 Å². The Bertz CT molecular complexity index is 490. The second-order valence-corrected chi connectivity index (χ2v) is 6.16. The average molecular weight is 461 g/mol. The minimum Gasteiger partial charge on any atom is -0.497 e. The summed E-state index contributed by atoms with van der Waals surface area (Å²) in [6.07, 6.45) is 4.63. The smallest absolute Gasteiger partial charge is 0.191 e. The third-order valence-corrected chi connectivity index (χ3v) is 3.98. The van der Waals surface area contributed by atoms with Crippen molar-refractivity contribution in [1.82, 2.24) is 10.6 Å². The summed E-state index contributed by atoms with van der Waals surface area (Å²) in [5.74, 6) is 2.61. The zero-order valence-corrected chi connectivity index (χ0v) is 17.8. The monoisotopic (exact) mass is 461 g/mol. The molecule has 0 bridgehead atoms. The van der Waals surface area contributed by atoms with Crippen LogP contribution in [0.1, 0.15) is 31.7 Å². The maximum Gasteiger partial charge on any atom is 0.191 e. The number of benzene rings is 1. The first kappa shape index (κ1) is 22.0. The molecule has 0 spiro atoms. The number of halogens is 1. The Morgan fingerprint density at radius 1 is 1.20 bits per heavy atom. The van der Waals surface area contributed by atoms with Crippen molar-refractivity contribution in [2.45, 2.75) is 32.6 Å². The molecular formula is C19H32IN3O2. The van der Waals surface area contributed by atoms with Gasteiger partial charge in [-0.1, -0.05) is 12.1 Å². The Labute approximate surface area is 169 Å². The molecule has 1 saturated carbocycles. The standard InChI is InChI=1S/C19H31N3O2.HI/c1-3-20-19(21-12-4-14-24-15-17-5-6-17)22-13-11-16-7-9-18(23-2)10-8-16;/h7-10,17H,3-6,11-15H2,1-2H3,(H2,20,21,22);1H. The fourth-order valence-electron chi connectivity index (χ4n) is 2.35. The van der Waals surface area contributed by atoms with Gasteiger partial charge in [-0.3, -0.25) is 4.99 Å². The molecule has 0 saturated heterocycles. The molecule has 142 valence electrons. The van der Waals surface area contributed by atoms with Gasteiger partial charge in [0.2, 0.25) is 0 Å². The first-order valence-corrected chi connectivity index (χ1v) is 9.04. The Kier molecular flexibility index (Phi) is 11.6. The minimum atomic E-state index is 0. The van der Waals surface area contributed by atoms with E-state index in [1.54, 1.807) is 7.11 Å². The molecule has 0 heterocycles. The molecule has 25 heavy (non-hydrogen) atoms. The number of guanidine groups is 1. The first-order valence-electron chi connectivity index (χ1n) is 9.04. The Hall–Kier alpha value is -1.02. The lowest BCUT2D eigenvalue weighted by Gasteiger charge is -2.11. The molecule has 0 radical (unpaired) electrons. The number of hydrogen-bond acceptors (Lipinski definition) is 3. The van der Waals surface area contributed by atoms with Gasteiger partial charge in [0, 0.05) is 32.8 Å². The number of nitrogens with one attached hydrogen (secondary N) is 2. The van der Waals surface area contributed by atoms with Crippen molar-refractivity contribution in [2.24, 2.45) is 10.9 Å². The summed E-state index contributed by atoms with van der Waals surface area (Å²) >= 11 is 0. The second kappa shape index (κ2) is 13.2. The van der Waals surface area contributed by atoms with E-state index in [0.29, 0.717) is 0 Å². The number of rotatable bonds is 11. The summed E-state index contributed by atoms with van der Waals surface area (Å²) in [6, 6.07) is 8.19. The van der Waals surface area contributed by atoms with Crippen LogP contribution in [-0.2, 0) is 11.2 Å². The number of methoxy groups -OCH3 is 1. The van der Waals surface area contributed by atoms with E-state index in [1.165, 1.54) is 18.4 Å². The van der Waals surface area contributed by atoms with Crippen molar-refractivity contribution in [2.75, 3.05) is 40.0 Å². The van der Waals surface area contributed by atoms with Gasteiger partial charge < -0.3 is 20.1 Å². The topological polar surface area (TPSA) is 54.9 Å². The predicted molar refractivity (Wildman–Crippen MR) is 114 cm³/mol. The van der Waals surface area contributed by atoms with Crippen LogP contribution in [0.3, 0.4) is 0 Å². The van der Waals surface area contributed by atoms with Crippen LogP contribution in [0, 0.1) is 5.92 Å². The molecule has 0 unspecified atom stereocenters. The maximum absolute atomic E-state index is 5.64. The Morgan fingerprint density at radius 3 is 2.60 bits per heavy atom. The molecule has 0 aromatic heterocycles. The lowest BCUT2D eigenvalue weighted by atomic mass is 10.1. The van der Waals surface area contributed by atoms with Crippen LogP contribution in [0.5, 0.6) is 5.75 Å². The third-order valence-electron chi connectivity index (χ3n) is 3.98. The number of nitrogens with zero attached hydrogens (tertiary/aromatic N) is 1. The SMILES string of the molecule is CCNC(=NCCCOCC1CC1)NCCc1ccc(OC)cc1.I. The van der Waals surface area contributed by atoms with Crippen molar-refractivity contribution < 1.29 is 9.47 Å². The van der Waals surface area contributed by atoms with Crippen molar-refractivity contribution >= 4 is 29.9 Å². The highest BCUT2D eigenvalue weighted by Crippen LogP contribution is 2.28. The molecule has 1 aliphatic carbocycles.